The second-order valence-corrected chi connectivity index (χ2v) is 7.26. The summed E-state index contributed by atoms with van der Waals surface area (Å²) in [6, 6.07) is 21.9. The number of nitrogens with one attached hydrogen (secondary N) is 1. The summed E-state index contributed by atoms with van der Waals surface area (Å²) in [5.41, 5.74) is 2.18. The lowest BCUT2D eigenvalue weighted by atomic mass is 10.2. The van der Waals surface area contributed by atoms with Crippen LogP contribution in [0.4, 0.5) is 0 Å². The second kappa shape index (κ2) is 9.87. The number of hydrogen-bond donors (Lipinski definition) is 1. The van der Waals surface area contributed by atoms with Crippen LogP contribution in [0.25, 0.3) is 0 Å². The van der Waals surface area contributed by atoms with Crippen LogP contribution in [0.2, 0.25) is 0 Å². The molecule has 1 heterocycles. The maximum Gasteiger partial charge on any atom is 0.339 e. The van der Waals surface area contributed by atoms with Gasteiger partial charge in [-0.15, -0.1) is 0 Å². The van der Waals surface area contributed by atoms with Crippen molar-refractivity contribution in [2.45, 2.75) is 26.2 Å². The molecule has 7 heteroatoms. The fourth-order valence-electron chi connectivity index (χ4n) is 3.12. The van der Waals surface area contributed by atoms with Gasteiger partial charge in [-0.05, 0) is 48.4 Å². The zero-order chi connectivity index (χ0) is 22.3. The highest BCUT2D eigenvalue weighted by Gasteiger charge is 2.20. The third-order valence-corrected chi connectivity index (χ3v) is 4.87. The standard InChI is InChI=1S/C25H23NO6/c1-17(24(27)26-14-19-10-11-22-23(12-19)31-16-30-22)32-25(28)20-8-5-9-21(13-20)29-15-18-6-3-2-4-7-18/h2-13,17H,14-16H2,1H3,(H,26,27)/t17-/m0/s1. The Morgan fingerprint density at radius 1 is 0.938 bits per heavy atom. The van der Waals surface area contributed by atoms with Crippen LogP contribution in [-0.4, -0.2) is 24.8 Å². The molecule has 0 fully saturated rings. The molecule has 0 saturated heterocycles. The molecule has 1 N–H and O–H groups in total. The van der Waals surface area contributed by atoms with E-state index in [4.69, 9.17) is 18.9 Å². The molecule has 0 radical (unpaired) electrons. The number of hydrogen-bond acceptors (Lipinski definition) is 6. The molecule has 0 saturated carbocycles. The number of carbonyl (C=O) groups excluding carboxylic acids is 2. The number of rotatable bonds is 8. The Labute approximate surface area is 185 Å². The van der Waals surface area contributed by atoms with Gasteiger partial charge in [0, 0.05) is 6.54 Å². The van der Waals surface area contributed by atoms with Crippen LogP contribution >= 0.6 is 0 Å². The molecule has 4 rings (SSSR count). The molecule has 3 aromatic rings. The Morgan fingerprint density at radius 2 is 1.75 bits per heavy atom. The summed E-state index contributed by atoms with van der Waals surface area (Å²) >= 11 is 0. The number of esters is 1. The molecule has 32 heavy (non-hydrogen) atoms. The molecule has 0 unspecified atom stereocenters. The Balaban J connectivity index is 1.28. The van der Waals surface area contributed by atoms with Crippen LogP contribution in [-0.2, 0) is 22.7 Å². The highest BCUT2D eigenvalue weighted by Crippen LogP contribution is 2.32. The van der Waals surface area contributed by atoms with Gasteiger partial charge in [-0.25, -0.2) is 4.79 Å². The summed E-state index contributed by atoms with van der Waals surface area (Å²) in [4.78, 5) is 24.9. The molecule has 7 nitrogen and oxygen atoms in total. The van der Waals surface area contributed by atoms with E-state index in [9.17, 15) is 9.59 Å². The lowest BCUT2D eigenvalue weighted by Gasteiger charge is -2.14. The molecule has 164 valence electrons. The van der Waals surface area contributed by atoms with Gasteiger partial charge in [-0.1, -0.05) is 42.5 Å². The average molecular weight is 433 g/mol. The number of amides is 1. The number of fused-ring (bicyclic) bond motifs is 1. The number of ether oxygens (including phenoxy) is 4. The Morgan fingerprint density at radius 3 is 2.59 bits per heavy atom. The van der Waals surface area contributed by atoms with Crippen molar-refractivity contribution in [3.05, 3.63) is 89.5 Å². The van der Waals surface area contributed by atoms with Crippen molar-refractivity contribution in [1.29, 1.82) is 0 Å². The topological polar surface area (TPSA) is 83.1 Å². The van der Waals surface area contributed by atoms with Gasteiger partial charge in [0.25, 0.3) is 5.91 Å². The quantitative estimate of drug-likeness (QED) is 0.544. The van der Waals surface area contributed by atoms with Gasteiger partial charge >= 0.3 is 5.97 Å². The van der Waals surface area contributed by atoms with Crippen molar-refractivity contribution in [1.82, 2.24) is 5.32 Å². The van der Waals surface area contributed by atoms with E-state index in [-0.39, 0.29) is 13.3 Å². The van der Waals surface area contributed by atoms with Crippen LogP contribution in [0, 0.1) is 0 Å². The zero-order valence-corrected chi connectivity index (χ0v) is 17.6. The van der Waals surface area contributed by atoms with Crippen LogP contribution in [0.5, 0.6) is 17.2 Å². The lowest BCUT2D eigenvalue weighted by molar-refractivity contribution is -0.129. The first kappa shape index (κ1) is 21.2. The van der Waals surface area contributed by atoms with Gasteiger partial charge in [0.2, 0.25) is 6.79 Å². The predicted molar refractivity (Wildman–Crippen MR) is 117 cm³/mol. The highest BCUT2D eigenvalue weighted by atomic mass is 16.7. The molecular weight excluding hydrogens is 410 g/mol. The number of carbonyl (C=O) groups is 2. The minimum atomic E-state index is -0.953. The van der Waals surface area contributed by atoms with Crippen molar-refractivity contribution in [2.24, 2.45) is 0 Å². The van der Waals surface area contributed by atoms with Gasteiger partial charge in [-0.3, -0.25) is 4.79 Å². The van der Waals surface area contributed by atoms with Gasteiger partial charge in [0.1, 0.15) is 12.4 Å². The predicted octanol–water partition coefficient (Wildman–Crippen LogP) is 3.86. The molecule has 3 aromatic carbocycles. The van der Waals surface area contributed by atoms with E-state index in [1.165, 1.54) is 6.92 Å². The van der Waals surface area contributed by atoms with Crippen molar-refractivity contribution in [3.63, 3.8) is 0 Å². The van der Waals surface area contributed by atoms with E-state index in [0.717, 1.165) is 11.1 Å². The van der Waals surface area contributed by atoms with Crippen LogP contribution in [0.3, 0.4) is 0 Å². The summed E-state index contributed by atoms with van der Waals surface area (Å²) in [5, 5.41) is 2.76. The molecule has 0 aliphatic carbocycles. The molecule has 0 bridgehead atoms. The van der Waals surface area contributed by atoms with Crippen LogP contribution in [0.15, 0.2) is 72.8 Å². The highest BCUT2D eigenvalue weighted by molar-refractivity contribution is 5.92. The Bertz CT molecular complexity index is 1100. The van der Waals surface area contributed by atoms with E-state index >= 15 is 0 Å². The number of benzene rings is 3. The monoisotopic (exact) mass is 433 g/mol. The van der Waals surface area contributed by atoms with Gasteiger partial charge in [-0.2, -0.15) is 0 Å². The fraction of sp³-hybridized carbons (Fsp3) is 0.200. The summed E-state index contributed by atoms with van der Waals surface area (Å²) in [6.45, 7) is 2.39. The SMILES string of the molecule is C[C@H](OC(=O)c1cccc(OCc2ccccc2)c1)C(=O)NCc1ccc2c(c1)OCO2. The van der Waals surface area contributed by atoms with E-state index in [1.54, 1.807) is 36.4 Å². The molecule has 1 atom stereocenters. The third-order valence-electron chi connectivity index (χ3n) is 4.87. The van der Waals surface area contributed by atoms with Gasteiger partial charge < -0.3 is 24.3 Å². The van der Waals surface area contributed by atoms with Crippen molar-refractivity contribution in [3.8, 4) is 17.2 Å². The first-order valence-electron chi connectivity index (χ1n) is 10.2. The van der Waals surface area contributed by atoms with Crippen molar-refractivity contribution < 1.29 is 28.5 Å². The molecule has 1 amide bonds. The Kier molecular flexibility index (Phi) is 6.55. The molecule has 1 aliphatic rings. The smallest absolute Gasteiger partial charge is 0.339 e. The second-order valence-electron chi connectivity index (χ2n) is 7.26. The summed E-state index contributed by atoms with van der Waals surface area (Å²) < 4.78 is 21.7. The first-order chi connectivity index (χ1) is 15.6. The van der Waals surface area contributed by atoms with E-state index in [0.29, 0.717) is 29.4 Å². The summed E-state index contributed by atoms with van der Waals surface area (Å²) in [5.74, 6) is 0.875. The largest absolute Gasteiger partial charge is 0.489 e. The molecular formula is C25H23NO6. The van der Waals surface area contributed by atoms with Crippen LogP contribution in [0.1, 0.15) is 28.4 Å². The maximum atomic E-state index is 12.5. The van der Waals surface area contributed by atoms with Crippen molar-refractivity contribution in [2.75, 3.05) is 6.79 Å². The molecule has 0 aromatic heterocycles. The molecule has 1 aliphatic heterocycles. The average Bonchev–Trinajstić information content (AvgIpc) is 3.30. The summed E-state index contributed by atoms with van der Waals surface area (Å²) in [6.07, 6.45) is -0.953. The van der Waals surface area contributed by atoms with E-state index < -0.39 is 18.0 Å². The lowest BCUT2D eigenvalue weighted by Crippen LogP contribution is -2.35. The van der Waals surface area contributed by atoms with E-state index in [2.05, 4.69) is 5.32 Å². The van der Waals surface area contributed by atoms with Gasteiger partial charge in [0.15, 0.2) is 17.6 Å². The minimum Gasteiger partial charge on any atom is -0.489 e. The first-order valence-corrected chi connectivity index (χ1v) is 10.2. The van der Waals surface area contributed by atoms with Gasteiger partial charge in [0.05, 0.1) is 5.56 Å². The Hall–Kier alpha value is -4.00. The zero-order valence-electron chi connectivity index (χ0n) is 17.6. The maximum absolute atomic E-state index is 12.5. The van der Waals surface area contributed by atoms with Crippen LogP contribution < -0.4 is 19.5 Å². The fourth-order valence-corrected chi connectivity index (χ4v) is 3.12. The normalized spacial score (nSPS) is 12.7. The van der Waals surface area contributed by atoms with E-state index in [1.807, 2.05) is 36.4 Å². The third kappa shape index (κ3) is 5.37. The molecule has 0 spiro atoms. The minimum absolute atomic E-state index is 0.191. The van der Waals surface area contributed by atoms with Crippen molar-refractivity contribution >= 4 is 11.9 Å². The summed E-state index contributed by atoms with van der Waals surface area (Å²) in [7, 11) is 0.